The Morgan fingerprint density at radius 3 is 2.37 bits per heavy atom. The van der Waals surface area contributed by atoms with Crippen LogP contribution in [-0.2, 0) is 26.2 Å². The average Bonchev–Trinajstić information content (AvgIpc) is 2.94. The SMILES string of the molecule is CCNC(=O)[C@@H](C)N(Cc1cccc(Br)c1)C(=O)CN(c1ccc(OC)cc1)S(=O)(=O)c1ccc(C)c([N+](=O)[O-])c1. The van der Waals surface area contributed by atoms with Crippen LogP contribution in [0.3, 0.4) is 0 Å². The van der Waals surface area contributed by atoms with Gasteiger partial charge in [-0.15, -0.1) is 0 Å². The van der Waals surface area contributed by atoms with E-state index in [1.807, 2.05) is 6.07 Å². The molecule has 0 spiro atoms. The first kappa shape index (κ1) is 31.6. The molecule has 1 N–H and O–H groups in total. The van der Waals surface area contributed by atoms with Gasteiger partial charge in [-0.1, -0.05) is 34.1 Å². The molecule has 0 saturated heterocycles. The molecule has 0 radical (unpaired) electrons. The van der Waals surface area contributed by atoms with Gasteiger partial charge in [0.15, 0.2) is 0 Å². The minimum absolute atomic E-state index is 0.0308. The average molecular weight is 648 g/mol. The summed E-state index contributed by atoms with van der Waals surface area (Å²) in [6, 6.07) is 15.9. The largest absolute Gasteiger partial charge is 0.497 e. The van der Waals surface area contributed by atoms with E-state index in [1.165, 1.54) is 55.3 Å². The number of nitro benzene ring substituents is 1. The molecule has 11 nitrogen and oxygen atoms in total. The highest BCUT2D eigenvalue weighted by Gasteiger charge is 2.33. The van der Waals surface area contributed by atoms with Gasteiger partial charge in [0.25, 0.3) is 15.7 Å². The number of anilines is 1. The molecule has 0 fully saturated rings. The van der Waals surface area contributed by atoms with Gasteiger partial charge in [0.05, 0.1) is 22.6 Å². The highest BCUT2D eigenvalue weighted by molar-refractivity contribution is 9.10. The maximum Gasteiger partial charge on any atom is 0.273 e. The van der Waals surface area contributed by atoms with E-state index >= 15 is 0 Å². The molecule has 0 bridgehead atoms. The number of nitrogens with zero attached hydrogens (tertiary/aromatic N) is 3. The van der Waals surface area contributed by atoms with Gasteiger partial charge in [-0.25, -0.2) is 8.42 Å². The molecule has 0 aliphatic rings. The number of halogens is 1. The number of likely N-dealkylation sites (N-methyl/N-ethyl adjacent to an activating group) is 1. The van der Waals surface area contributed by atoms with Crippen LogP contribution < -0.4 is 14.4 Å². The van der Waals surface area contributed by atoms with Crippen LogP contribution in [0.2, 0.25) is 0 Å². The summed E-state index contributed by atoms with van der Waals surface area (Å²) in [7, 11) is -3.02. The Balaban J connectivity index is 2.09. The number of hydrogen-bond donors (Lipinski definition) is 1. The van der Waals surface area contributed by atoms with Gasteiger partial charge in [-0.2, -0.15) is 0 Å². The third-order valence-electron chi connectivity index (χ3n) is 6.36. The Kier molecular flexibility index (Phi) is 10.5. The minimum atomic E-state index is -4.48. The molecule has 41 heavy (non-hydrogen) atoms. The van der Waals surface area contributed by atoms with Gasteiger partial charge < -0.3 is 15.0 Å². The first-order valence-electron chi connectivity index (χ1n) is 12.6. The molecule has 0 aliphatic heterocycles. The summed E-state index contributed by atoms with van der Waals surface area (Å²) < 4.78 is 34.7. The molecule has 218 valence electrons. The highest BCUT2D eigenvalue weighted by atomic mass is 79.9. The summed E-state index contributed by atoms with van der Waals surface area (Å²) in [4.78, 5) is 38.5. The van der Waals surface area contributed by atoms with E-state index < -0.39 is 39.3 Å². The van der Waals surface area contributed by atoms with Gasteiger partial charge in [0.2, 0.25) is 11.8 Å². The monoisotopic (exact) mass is 646 g/mol. The van der Waals surface area contributed by atoms with E-state index in [-0.39, 0.29) is 28.4 Å². The summed E-state index contributed by atoms with van der Waals surface area (Å²) in [6.07, 6.45) is 0. The number of benzene rings is 3. The van der Waals surface area contributed by atoms with Crippen molar-refractivity contribution in [3.05, 3.63) is 92.4 Å². The molecule has 0 unspecified atom stereocenters. The zero-order valence-electron chi connectivity index (χ0n) is 23.0. The number of carbonyl (C=O) groups is 2. The van der Waals surface area contributed by atoms with E-state index in [1.54, 1.807) is 32.0 Å². The number of nitrogens with one attached hydrogen (secondary N) is 1. The Labute approximate surface area is 247 Å². The maximum absolute atomic E-state index is 14.0. The third-order valence-corrected chi connectivity index (χ3v) is 8.63. The standard InChI is InChI=1S/C28H31BrN4O7S/c1-5-30-28(35)20(3)31(17-21-7-6-8-22(29)15-21)27(34)18-32(23-10-12-24(40-4)13-11-23)41(38,39)25-14-9-19(2)26(16-25)33(36)37/h6-16,20H,5,17-18H2,1-4H3,(H,30,35)/t20-/m1/s1. The molecular formula is C28H31BrN4O7S. The van der Waals surface area contributed by atoms with E-state index in [9.17, 15) is 28.1 Å². The number of sulfonamides is 1. The van der Waals surface area contributed by atoms with Gasteiger partial charge in [0.1, 0.15) is 18.3 Å². The van der Waals surface area contributed by atoms with Crippen molar-refractivity contribution >= 4 is 49.1 Å². The molecule has 3 aromatic rings. The number of ether oxygens (including phenoxy) is 1. The minimum Gasteiger partial charge on any atom is -0.497 e. The number of aryl methyl sites for hydroxylation is 1. The topological polar surface area (TPSA) is 139 Å². The van der Waals surface area contributed by atoms with E-state index in [0.29, 0.717) is 12.3 Å². The molecule has 13 heteroatoms. The smallest absolute Gasteiger partial charge is 0.273 e. The quantitative estimate of drug-likeness (QED) is 0.227. The normalized spacial score (nSPS) is 11.8. The van der Waals surface area contributed by atoms with Crippen LogP contribution in [0.4, 0.5) is 11.4 Å². The lowest BCUT2D eigenvalue weighted by Gasteiger charge is -2.32. The van der Waals surface area contributed by atoms with Crippen LogP contribution in [0.5, 0.6) is 5.75 Å². The van der Waals surface area contributed by atoms with Gasteiger partial charge >= 0.3 is 0 Å². The predicted octanol–water partition coefficient (Wildman–Crippen LogP) is 4.42. The Morgan fingerprint density at radius 1 is 1.10 bits per heavy atom. The van der Waals surface area contributed by atoms with Gasteiger partial charge in [-0.05, 0) is 68.8 Å². The summed E-state index contributed by atoms with van der Waals surface area (Å²) in [5.41, 5.74) is 0.775. The molecule has 0 heterocycles. The number of hydrogen-bond acceptors (Lipinski definition) is 7. The van der Waals surface area contributed by atoms with E-state index in [4.69, 9.17) is 4.74 Å². The van der Waals surface area contributed by atoms with Crippen molar-refractivity contribution in [3.63, 3.8) is 0 Å². The van der Waals surface area contributed by atoms with Crippen LogP contribution in [0.15, 0.2) is 76.1 Å². The van der Waals surface area contributed by atoms with Crippen LogP contribution in [0.25, 0.3) is 0 Å². The Bertz CT molecular complexity index is 1530. The fraction of sp³-hybridized carbons (Fsp3) is 0.286. The lowest BCUT2D eigenvalue weighted by atomic mass is 10.1. The van der Waals surface area contributed by atoms with Crippen LogP contribution >= 0.6 is 15.9 Å². The predicted molar refractivity (Wildman–Crippen MR) is 158 cm³/mol. The fourth-order valence-corrected chi connectivity index (χ4v) is 5.97. The van der Waals surface area contributed by atoms with Crippen molar-refractivity contribution in [2.75, 3.05) is 24.5 Å². The van der Waals surface area contributed by atoms with Gasteiger partial charge in [-0.3, -0.25) is 24.0 Å². The lowest BCUT2D eigenvalue weighted by Crippen LogP contribution is -2.51. The highest BCUT2D eigenvalue weighted by Crippen LogP contribution is 2.29. The molecule has 0 aromatic heterocycles. The van der Waals surface area contributed by atoms with Crippen molar-refractivity contribution in [1.82, 2.24) is 10.2 Å². The van der Waals surface area contributed by atoms with Crippen molar-refractivity contribution in [3.8, 4) is 5.75 Å². The first-order chi connectivity index (χ1) is 19.4. The van der Waals surface area contributed by atoms with E-state index in [0.717, 1.165) is 20.4 Å². The number of carbonyl (C=O) groups excluding carboxylic acids is 2. The Hall–Kier alpha value is -3.97. The molecule has 0 aliphatic carbocycles. The number of methoxy groups -OCH3 is 1. The molecule has 3 aromatic carbocycles. The molecule has 3 rings (SSSR count). The number of nitro groups is 1. The summed E-state index contributed by atoms with van der Waals surface area (Å²) >= 11 is 3.41. The zero-order valence-corrected chi connectivity index (χ0v) is 25.4. The summed E-state index contributed by atoms with van der Waals surface area (Å²) in [5, 5.41) is 14.3. The van der Waals surface area contributed by atoms with Crippen LogP contribution in [-0.4, -0.2) is 56.3 Å². The second-order valence-electron chi connectivity index (χ2n) is 9.14. The molecule has 1 atom stereocenters. The van der Waals surface area contributed by atoms with Gasteiger partial charge in [0, 0.05) is 29.2 Å². The second-order valence-corrected chi connectivity index (χ2v) is 11.9. The summed E-state index contributed by atoms with van der Waals surface area (Å²) in [6.45, 7) is 4.53. The van der Waals surface area contributed by atoms with Crippen LogP contribution in [0.1, 0.15) is 25.0 Å². The van der Waals surface area contributed by atoms with Crippen molar-refractivity contribution < 1.29 is 27.7 Å². The number of rotatable bonds is 12. The van der Waals surface area contributed by atoms with Crippen molar-refractivity contribution in [1.29, 1.82) is 0 Å². The number of amides is 2. The van der Waals surface area contributed by atoms with Crippen molar-refractivity contribution in [2.24, 2.45) is 0 Å². The first-order valence-corrected chi connectivity index (χ1v) is 14.9. The molecule has 0 saturated carbocycles. The maximum atomic E-state index is 14.0. The van der Waals surface area contributed by atoms with Crippen LogP contribution in [0, 0.1) is 17.0 Å². The second kappa shape index (κ2) is 13.6. The third kappa shape index (κ3) is 7.61. The Morgan fingerprint density at radius 2 is 1.78 bits per heavy atom. The summed E-state index contributed by atoms with van der Waals surface area (Å²) in [5.74, 6) is -0.585. The lowest BCUT2D eigenvalue weighted by molar-refractivity contribution is -0.385. The van der Waals surface area contributed by atoms with E-state index in [2.05, 4.69) is 21.2 Å². The zero-order chi connectivity index (χ0) is 30.3. The van der Waals surface area contributed by atoms with Crippen molar-refractivity contribution in [2.45, 2.75) is 38.3 Å². The molecular weight excluding hydrogens is 616 g/mol. The molecule has 2 amide bonds. The fourth-order valence-electron chi connectivity index (χ4n) is 4.09.